The molecule has 1 aliphatic rings. The molecule has 0 bridgehead atoms. The highest BCUT2D eigenvalue weighted by atomic mass is 16.5. The molecule has 4 unspecified atom stereocenters. The van der Waals surface area contributed by atoms with Crippen LogP contribution in [0.3, 0.4) is 0 Å². The van der Waals surface area contributed by atoms with Gasteiger partial charge in [0, 0.05) is 13.2 Å². The first-order valence-electron chi connectivity index (χ1n) is 5.57. The molecule has 15 heavy (non-hydrogen) atoms. The first-order valence-corrected chi connectivity index (χ1v) is 5.57. The predicted octanol–water partition coefficient (Wildman–Crippen LogP) is 2.15. The molecule has 1 saturated carbocycles. The minimum absolute atomic E-state index is 0.156. The lowest BCUT2D eigenvalue weighted by Gasteiger charge is -2.18. The Balaban J connectivity index is 1.96. The summed E-state index contributed by atoms with van der Waals surface area (Å²) in [5, 5.41) is 0. The standard InChI is InChI=1S/C13H19NO/c1-9(15-2)13(14)12-8-11(12)10-6-4-3-5-7-10/h3-7,9,11-13H,8,14H2,1-2H3. The molecule has 0 saturated heterocycles. The molecule has 2 rings (SSSR count). The van der Waals surface area contributed by atoms with E-state index < -0.39 is 0 Å². The van der Waals surface area contributed by atoms with Gasteiger partial charge in [-0.05, 0) is 30.7 Å². The van der Waals surface area contributed by atoms with Crippen LogP contribution in [0.4, 0.5) is 0 Å². The lowest BCUT2D eigenvalue weighted by atomic mass is 10.0. The summed E-state index contributed by atoms with van der Waals surface area (Å²) in [6.45, 7) is 2.05. The fraction of sp³-hybridized carbons (Fsp3) is 0.538. The number of ether oxygens (including phenoxy) is 1. The fourth-order valence-electron chi connectivity index (χ4n) is 2.23. The van der Waals surface area contributed by atoms with Gasteiger partial charge in [-0.3, -0.25) is 0 Å². The molecule has 0 aromatic heterocycles. The number of benzene rings is 1. The van der Waals surface area contributed by atoms with Crippen molar-refractivity contribution in [3.63, 3.8) is 0 Å². The molecule has 0 aliphatic heterocycles. The average molecular weight is 205 g/mol. The van der Waals surface area contributed by atoms with Gasteiger partial charge in [-0.2, -0.15) is 0 Å². The van der Waals surface area contributed by atoms with Gasteiger partial charge < -0.3 is 10.5 Å². The van der Waals surface area contributed by atoms with Gasteiger partial charge in [-0.15, -0.1) is 0 Å². The van der Waals surface area contributed by atoms with Crippen molar-refractivity contribution in [3.8, 4) is 0 Å². The van der Waals surface area contributed by atoms with Gasteiger partial charge in [0.25, 0.3) is 0 Å². The highest BCUT2D eigenvalue weighted by molar-refractivity contribution is 5.26. The highest BCUT2D eigenvalue weighted by Crippen LogP contribution is 2.49. The Labute approximate surface area is 91.4 Å². The van der Waals surface area contributed by atoms with Gasteiger partial charge in [0.1, 0.15) is 0 Å². The van der Waals surface area contributed by atoms with Crippen molar-refractivity contribution in [1.82, 2.24) is 0 Å². The third kappa shape index (κ3) is 2.21. The SMILES string of the molecule is COC(C)C(N)C1CC1c1ccccc1. The van der Waals surface area contributed by atoms with Crippen molar-refractivity contribution in [2.24, 2.45) is 11.7 Å². The number of hydrogen-bond donors (Lipinski definition) is 1. The molecule has 82 valence electrons. The van der Waals surface area contributed by atoms with Gasteiger partial charge in [-0.25, -0.2) is 0 Å². The normalized spacial score (nSPS) is 28.5. The molecule has 4 atom stereocenters. The van der Waals surface area contributed by atoms with E-state index in [0.29, 0.717) is 11.8 Å². The molecular weight excluding hydrogens is 186 g/mol. The summed E-state index contributed by atoms with van der Waals surface area (Å²) in [4.78, 5) is 0. The summed E-state index contributed by atoms with van der Waals surface area (Å²) in [6.07, 6.45) is 1.36. The van der Waals surface area contributed by atoms with Crippen molar-refractivity contribution in [2.75, 3.05) is 7.11 Å². The quantitative estimate of drug-likeness (QED) is 0.817. The van der Waals surface area contributed by atoms with Gasteiger partial charge >= 0.3 is 0 Å². The van der Waals surface area contributed by atoms with E-state index in [4.69, 9.17) is 10.5 Å². The zero-order valence-electron chi connectivity index (χ0n) is 9.39. The molecule has 2 nitrogen and oxygen atoms in total. The Morgan fingerprint density at radius 3 is 2.60 bits per heavy atom. The lowest BCUT2D eigenvalue weighted by Crippen LogP contribution is -2.36. The van der Waals surface area contributed by atoms with Crippen LogP contribution in [0.2, 0.25) is 0 Å². The fourth-order valence-corrected chi connectivity index (χ4v) is 2.23. The summed E-state index contributed by atoms with van der Waals surface area (Å²) in [5.41, 5.74) is 7.55. The summed E-state index contributed by atoms with van der Waals surface area (Å²) < 4.78 is 5.27. The van der Waals surface area contributed by atoms with Gasteiger partial charge in [0.2, 0.25) is 0 Å². The molecule has 1 aromatic carbocycles. The van der Waals surface area contributed by atoms with E-state index in [-0.39, 0.29) is 12.1 Å². The smallest absolute Gasteiger partial charge is 0.0696 e. The zero-order valence-corrected chi connectivity index (χ0v) is 9.39. The van der Waals surface area contributed by atoms with Crippen molar-refractivity contribution < 1.29 is 4.74 Å². The molecule has 0 spiro atoms. The molecule has 1 aliphatic carbocycles. The summed E-state index contributed by atoms with van der Waals surface area (Å²) in [7, 11) is 1.73. The van der Waals surface area contributed by atoms with Crippen LogP contribution in [0.25, 0.3) is 0 Å². The Morgan fingerprint density at radius 2 is 2.00 bits per heavy atom. The van der Waals surface area contributed by atoms with Crippen molar-refractivity contribution in [2.45, 2.75) is 31.4 Å². The Hall–Kier alpha value is -0.860. The van der Waals surface area contributed by atoms with Crippen molar-refractivity contribution in [1.29, 1.82) is 0 Å². The molecule has 2 heteroatoms. The predicted molar refractivity (Wildman–Crippen MR) is 61.7 cm³/mol. The van der Waals surface area contributed by atoms with Crippen LogP contribution in [0, 0.1) is 5.92 Å². The average Bonchev–Trinajstić information content (AvgIpc) is 3.08. The van der Waals surface area contributed by atoms with Crippen LogP contribution in [-0.4, -0.2) is 19.3 Å². The Morgan fingerprint density at radius 1 is 1.33 bits per heavy atom. The highest BCUT2D eigenvalue weighted by Gasteiger charge is 2.44. The van der Waals surface area contributed by atoms with Crippen molar-refractivity contribution >= 4 is 0 Å². The minimum atomic E-state index is 0.156. The van der Waals surface area contributed by atoms with Crippen LogP contribution in [0.15, 0.2) is 30.3 Å². The number of methoxy groups -OCH3 is 1. The minimum Gasteiger partial charge on any atom is -0.380 e. The molecule has 0 heterocycles. The Bertz CT molecular complexity index is 312. The third-order valence-corrected chi connectivity index (χ3v) is 3.48. The van der Waals surface area contributed by atoms with E-state index in [2.05, 4.69) is 30.3 Å². The van der Waals surface area contributed by atoms with Crippen LogP contribution in [0.1, 0.15) is 24.8 Å². The molecule has 2 N–H and O–H groups in total. The van der Waals surface area contributed by atoms with Gasteiger partial charge in [0.15, 0.2) is 0 Å². The maximum absolute atomic E-state index is 6.14. The molecule has 1 aromatic rings. The van der Waals surface area contributed by atoms with Crippen LogP contribution < -0.4 is 5.73 Å². The van der Waals surface area contributed by atoms with Crippen molar-refractivity contribution in [3.05, 3.63) is 35.9 Å². The van der Waals surface area contributed by atoms with E-state index in [1.807, 2.05) is 6.92 Å². The molecule has 0 amide bonds. The third-order valence-electron chi connectivity index (χ3n) is 3.48. The topological polar surface area (TPSA) is 35.2 Å². The first kappa shape index (κ1) is 10.7. The number of nitrogens with two attached hydrogens (primary N) is 1. The maximum Gasteiger partial charge on any atom is 0.0696 e. The van der Waals surface area contributed by atoms with E-state index in [1.54, 1.807) is 7.11 Å². The Kier molecular flexibility index (Phi) is 3.08. The second-order valence-corrected chi connectivity index (χ2v) is 4.43. The van der Waals surface area contributed by atoms with Crippen LogP contribution in [-0.2, 0) is 4.74 Å². The summed E-state index contributed by atoms with van der Waals surface area (Å²) in [5.74, 6) is 1.25. The van der Waals surface area contributed by atoms with Gasteiger partial charge in [0.05, 0.1) is 6.10 Å². The molecule has 0 radical (unpaired) electrons. The van der Waals surface area contributed by atoms with E-state index in [9.17, 15) is 0 Å². The van der Waals surface area contributed by atoms with E-state index in [0.717, 1.165) is 0 Å². The van der Waals surface area contributed by atoms with Gasteiger partial charge in [-0.1, -0.05) is 30.3 Å². The lowest BCUT2D eigenvalue weighted by molar-refractivity contribution is 0.0884. The van der Waals surface area contributed by atoms with Crippen LogP contribution >= 0.6 is 0 Å². The zero-order chi connectivity index (χ0) is 10.8. The largest absolute Gasteiger partial charge is 0.380 e. The molecule has 1 fully saturated rings. The monoisotopic (exact) mass is 205 g/mol. The number of hydrogen-bond acceptors (Lipinski definition) is 2. The second-order valence-electron chi connectivity index (χ2n) is 4.43. The van der Waals surface area contributed by atoms with E-state index >= 15 is 0 Å². The van der Waals surface area contributed by atoms with E-state index in [1.165, 1.54) is 12.0 Å². The maximum atomic E-state index is 6.14. The number of rotatable bonds is 4. The second kappa shape index (κ2) is 4.33. The van der Waals surface area contributed by atoms with Crippen LogP contribution in [0.5, 0.6) is 0 Å². The first-order chi connectivity index (χ1) is 7.24. The summed E-state index contributed by atoms with van der Waals surface area (Å²) in [6, 6.07) is 10.8. The summed E-state index contributed by atoms with van der Waals surface area (Å²) >= 11 is 0. The molecular formula is C13H19NO.